The lowest BCUT2D eigenvalue weighted by atomic mass is 9.97. The number of likely N-dealkylation sites (tertiary alicyclic amines) is 1. The van der Waals surface area contributed by atoms with Crippen LogP contribution in [-0.4, -0.2) is 35.7 Å². The molecule has 0 bridgehead atoms. The molecule has 1 amide bonds. The van der Waals surface area contributed by atoms with Gasteiger partial charge in [-0.2, -0.15) is 0 Å². The number of hydrogen-bond donors (Lipinski definition) is 1. The molecule has 2 aliphatic rings. The average molecular weight is 337 g/mol. The van der Waals surface area contributed by atoms with Gasteiger partial charge in [0.1, 0.15) is 5.60 Å². The van der Waals surface area contributed by atoms with Gasteiger partial charge in [0, 0.05) is 35.8 Å². The van der Waals surface area contributed by atoms with E-state index in [0.717, 1.165) is 36.6 Å². The number of carbonyl (C=O) groups excluding carboxylic acids is 1. The van der Waals surface area contributed by atoms with Gasteiger partial charge in [0.15, 0.2) is 0 Å². The number of anilines is 1. The zero-order valence-electron chi connectivity index (χ0n) is 14.0. The normalized spacial score (nSPS) is 27.0. The van der Waals surface area contributed by atoms with Crippen LogP contribution in [0.1, 0.15) is 33.6 Å². The van der Waals surface area contributed by atoms with Crippen LogP contribution in [-0.2, 0) is 4.74 Å². The Morgan fingerprint density at radius 2 is 2.09 bits per heavy atom. The second-order valence-corrected chi connectivity index (χ2v) is 8.08. The fourth-order valence-electron chi connectivity index (χ4n) is 3.71. The van der Waals surface area contributed by atoms with E-state index >= 15 is 0 Å². The van der Waals surface area contributed by atoms with E-state index in [1.54, 1.807) is 0 Å². The summed E-state index contributed by atoms with van der Waals surface area (Å²) in [7, 11) is 0. The van der Waals surface area contributed by atoms with Crippen molar-refractivity contribution < 1.29 is 9.53 Å². The monoisotopic (exact) mass is 336 g/mol. The molecule has 1 N–H and O–H groups in total. The van der Waals surface area contributed by atoms with Gasteiger partial charge in [-0.25, -0.2) is 4.79 Å². The van der Waals surface area contributed by atoms with Gasteiger partial charge in [-0.3, -0.25) is 0 Å². The largest absolute Gasteiger partial charge is 0.444 e. The molecule has 0 spiro atoms. The summed E-state index contributed by atoms with van der Waals surface area (Å²) in [6.45, 7) is 7.31. The minimum Gasteiger partial charge on any atom is -0.444 e. The lowest BCUT2D eigenvalue weighted by Gasteiger charge is -2.26. The van der Waals surface area contributed by atoms with Crippen LogP contribution in [0.5, 0.6) is 0 Å². The molecule has 1 saturated carbocycles. The molecule has 1 aromatic rings. The maximum atomic E-state index is 12.3. The van der Waals surface area contributed by atoms with Gasteiger partial charge in [0.05, 0.1) is 0 Å². The number of nitrogens with zero attached hydrogens (tertiary/aromatic N) is 1. The summed E-state index contributed by atoms with van der Waals surface area (Å²) in [5.74, 6) is 1.06. The Balaban J connectivity index is 1.61. The van der Waals surface area contributed by atoms with Gasteiger partial charge in [-0.15, -0.1) is 0 Å². The number of nitrogens with one attached hydrogen (secondary N) is 1. The molecule has 23 heavy (non-hydrogen) atoms. The topological polar surface area (TPSA) is 41.6 Å². The molecule has 4 nitrogen and oxygen atoms in total. The third kappa shape index (κ3) is 3.92. The van der Waals surface area contributed by atoms with Crippen LogP contribution in [0.2, 0.25) is 5.02 Å². The number of benzene rings is 1. The summed E-state index contributed by atoms with van der Waals surface area (Å²) < 4.78 is 5.51. The molecule has 1 aliphatic heterocycles. The molecule has 5 heteroatoms. The first-order valence-electron chi connectivity index (χ1n) is 8.32. The van der Waals surface area contributed by atoms with E-state index in [9.17, 15) is 4.79 Å². The highest BCUT2D eigenvalue weighted by molar-refractivity contribution is 6.30. The molecule has 3 atom stereocenters. The van der Waals surface area contributed by atoms with Crippen LogP contribution in [0.4, 0.5) is 10.5 Å². The molecule has 3 rings (SSSR count). The lowest BCUT2D eigenvalue weighted by molar-refractivity contribution is 0.0280. The van der Waals surface area contributed by atoms with E-state index in [4.69, 9.17) is 16.3 Å². The zero-order chi connectivity index (χ0) is 16.6. The predicted molar refractivity (Wildman–Crippen MR) is 92.9 cm³/mol. The number of fused-ring (bicyclic) bond motifs is 1. The van der Waals surface area contributed by atoms with Gasteiger partial charge in [0.2, 0.25) is 0 Å². The van der Waals surface area contributed by atoms with Crippen LogP contribution in [0.25, 0.3) is 0 Å². The summed E-state index contributed by atoms with van der Waals surface area (Å²) in [6, 6.07) is 8.23. The molecule has 1 saturated heterocycles. The summed E-state index contributed by atoms with van der Waals surface area (Å²) in [6.07, 6.45) is 2.11. The van der Waals surface area contributed by atoms with Gasteiger partial charge >= 0.3 is 6.09 Å². The van der Waals surface area contributed by atoms with E-state index in [-0.39, 0.29) is 6.09 Å². The predicted octanol–water partition coefficient (Wildman–Crippen LogP) is 4.40. The second kappa shape index (κ2) is 6.23. The van der Waals surface area contributed by atoms with E-state index in [0.29, 0.717) is 17.9 Å². The van der Waals surface area contributed by atoms with E-state index in [2.05, 4.69) is 5.32 Å². The number of ether oxygens (including phenoxy) is 1. The molecule has 0 radical (unpaired) electrons. The van der Waals surface area contributed by atoms with E-state index < -0.39 is 5.60 Å². The molecule has 0 aromatic heterocycles. The van der Waals surface area contributed by atoms with E-state index in [1.807, 2.05) is 49.9 Å². The Bertz CT molecular complexity index is 585. The van der Waals surface area contributed by atoms with Crippen molar-refractivity contribution in [3.05, 3.63) is 29.3 Å². The second-order valence-electron chi connectivity index (χ2n) is 7.65. The minimum absolute atomic E-state index is 0.187. The zero-order valence-corrected chi connectivity index (χ0v) is 14.8. The highest BCUT2D eigenvalue weighted by atomic mass is 35.5. The number of carbonyl (C=O) groups is 1. The fourth-order valence-corrected chi connectivity index (χ4v) is 3.90. The van der Waals surface area contributed by atoms with Crippen LogP contribution in [0.15, 0.2) is 24.3 Å². The Morgan fingerprint density at radius 3 is 2.78 bits per heavy atom. The van der Waals surface area contributed by atoms with Crippen molar-refractivity contribution in [3.8, 4) is 0 Å². The maximum Gasteiger partial charge on any atom is 0.410 e. The molecule has 1 aliphatic carbocycles. The number of amides is 1. The first kappa shape index (κ1) is 16.4. The van der Waals surface area contributed by atoms with Gasteiger partial charge in [-0.05, 0) is 57.7 Å². The van der Waals surface area contributed by atoms with Crippen molar-refractivity contribution in [1.82, 2.24) is 4.90 Å². The Kier molecular flexibility index (Phi) is 4.45. The molecule has 126 valence electrons. The quantitative estimate of drug-likeness (QED) is 0.870. The third-order valence-corrected chi connectivity index (χ3v) is 4.92. The first-order valence-corrected chi connectivity index (χ1v) is 8.70. The number of hydrogen-bond acceptors (Lipinski definition) is 3. The van der Waals surface area contributed by atoms with Crippen LogP contribution >= 0.6 is 11.6 Å². The van der Waals surface area contributed by atoms with Crippen LogP contribution in [0.3, 0.4) is 0 Å². The summed E-state index contributed by atoms with van der Waals surface area (Å²) in [4.78, 5) is 14.1. The molecule has 0 unspecified atom stereocenters. The van der Waals surface area contributed by atoms with Crippen molar-refractivity contribution in [2.24, 2.45) is 11.8 Å². The van der Waals surface area contributed by atoms with Crippen molar-refractivity contribution >= 4 is 23.4 Å². The highest BCUT2D eigenvalue weighted by Gasteiger charge is 2.44. The summed E-state index contributed by atoms with van der Waals surface area (Å²) in [5.41, 5.74) is 0.617. The first-order chi connectivity index (χ1) is 10.8. The molecule has 2 fully saturated rings. The van der Waals surface area contributed by atoms with Crippen molar-refractivity contribution in [2.45, 2.75) is 45.3 Å². The smallest absolute Gasteiger partial charge is 0.410 e. The standard InChI is InChI=1S/C18H25ClN2O2/c1-18(2,3)23-17(22)21-10-12-7-8-16(15(12)11-21)20-14-6-4-5-13(19)9-14/h4-6,9,12,15-16,20H,7-8,10-11H2,1-3H3/t12-,15+,16-/m0/s1. The van der Waals surface area contributed by atoms with Crippen molar-refractivity contribution in [2.75, 3.05) is 18.4 Å². The molecular weight excluding hydrogens is 312 g/mol. The Labute approximate surface area is 143 Å². The maximum absolute atomic E-state index is 12.3. The van der Waals surface area contributed by atoms with Crippen LogP contribution < -0.4 is 5.32 Å². The highest BCUT2D eigenvalue weighted by Crippen LogP contribution is 2.40. The Hall–Kier alpha value is -1.42. The van der Waals surface area contributed by atoms with Gasteiger partial charge in [-0.1, -0.05) is 17.7 Å². The molecule has 1 heterocycles. The summed E-state index contributed by atoms with van der Waals surface area (Å²) >= 11 is 6.06. The van der Waals surface area contributed by atoms with Crippen molar-refractivity contribution in [3.63, 3.8) is 0 Å². The van der Waals surface area contributed by atoms with E-state index in [1.165, 1.54) is 0 Å². The summed E-state index contributed by atoms with van der Waals surface area (Å²) in [5, 5.41) is 4.34. The molecular formula is C18H25ClN2O2. The van der Waals surface area contributed by atoms with Gasteiger partial charge < -0.3 is 15.0 Å². The Morgan fingerprint density at radius 1 is 1.30 bits per heavy atom. The molecule has 1 aromatic carbocycles. The third-order valence-electron chi connectivity index (χ3n) is 4.69. The average Bonchev–Trinajstić information content (AvgIpc) is 2.99. The van der Waals surface area contributed by atoms with Crippen LogP contribution in [0, 0.1) is 11.8 Å². The SMILES string of the molecule is CC(C)(C)OC(=O)N1C[C@@H]2CC[C@H](Nc3cccc(Cl)c3)[C@@H]2C1. The number of rotatable bonds is 2. The van der Waals surface area contributed by atoms with Crippen molar-refractivity contribution in [1.29, 1.82) is 0 Å². The number of halogens is 1. The lowest BCUT2D eigenvalue weighted by Crippen LogP contribution is -2.37. The fraction of sp³-hybridized carbons (Fsp3) is 0.611. The van der Waals surface area contributed by atoms with Gasteiger partial charge in [0.25, 0.3) is 0 Å². The minimum atomic E-state index is -0.437.